The van der Waals surface area contributed by atoms with Crippen LogP contribution in [0.2, 0.25) is 0 Å². The molecule has 0 saturated carbocycles. The quantitative estimate of drug-likeness (QED) is 0.861. The summed E-state index contributed by atoms with van der Waals surface area (Å²) in [6.07, 6.45) is 0. The van der Waals surface area contributed by atoms with Crippen molar-refractivity contribution in [2.24, 2.45) is 5.92 Å². The highest BCUT2D eigenvalue weighted by Crippen LogP contribution is 2.19. The van der Waals surface area contributed by atoms with E-state index in [0.717, 1.165) is 5.56 Å². The molecule has 1 heterocycles. The molecule has 2 amide bonds. The first kappa shape index (κ1) is 16.5. The molecule has 0 bridgehead atoms. The summed E-state index contributed by atoms with van der Waals surface area (Å²) in [6, 6.07) is 3.66. The summed E-state index contributed by atoms with van der Waals surface area (Å²) in [6.45, 7) is 9.34. The highest BCUT2D eigenvalue weighted by atomic mass is 19.1. The van der Waals surface area contributed by atoms with Crippen LogP contribution in [0, 0.1) is 18.7 Å². The van der Waals surface area contributed by atoms with Crippen LogP contribution in [0.25, 0.3) is 0 Å². The van der Waals surface area contributed by atoms with Gasteiger partial charge in [0.1, 0.15) is 11.9 Å². The van der Waals surface area contributed by atoms with E-state index in [1.165, 1.54) is 12.1 Å². The van der Waals surface area contributed by atoms with E-state index in [-0.39, 0.29) is 11.8 Å². The van der Waals surface area contributed by atoms with Gasteiger partial charge in [0.2, 0.25) is 5.91 Å². The zero-order valence-electron chi connectivity index (χ0n) is 13.6. The molecule has 0 aliphatic carbocycles. The largest absolute Gasteiger partial charge is 0.339 e. The number of amides is 2. The first-order valence-electron chi connectivity index (χ1n) is 7.67. The number of carbonyl (C=O) groups is 2. The van der Waals surface area contributed by atoms with Gasteiger partial charge in [-0.2, -0.15) is 0 Å². The van der Waals surface area contributed by atoms with Crippen molar-refractivity contribution < 1.29 is 14.0 Å². The fourth-order valence-electron chi connectivity index (χ4n) is 2.81. The van der Waals surface area contributed by atoms with Crippen molar-refractivity contribution in [2.75, 3.05) is 19.6 Å². The molecule has 0 aromatic heterocycles. The predicted octanol–water partition coefficient (Wildman–Crippen LogP) is 2.46. The van der Waals surface area contributed by atoms with Gasteiger partial charge in [0.05, 0.1) is 0 Å². The first-order chi connectivity index (χ1) is 10.3. The van der Waals surface area contributed by atoms with Gasteiger partial charge in [0, 0.05) is 25.2 Å². The summed E-state index contributed by atoms with van der Waals surface area (Å²) in [7, 11) is 0. The van der Waals surface area contributed by atoms with Crippen LogP contribution in [0.15, 0.2) is 18.2 Å². The highest BCUT2D eigenvalue weighted by Gasteiger charge is 2.35. The standard InChI is InChI=1S/C17H23FN2O2/c1-11(2)10-19-7-8-20(13(4)16(19)21)17(22)15-9-14(18)6-5-12(15)3/h5-6,9,11,13H,7-8,10H2,1-4H3/t13-/m0/s1. The number of hydrogen-bond acceptors (Lipinski definition) is 2. The third-order valence-corrected chi connectivity index (χ3v) is 4.02. The summed E-state index contributed by atoms with van der Waals surface area (Å²) < 4.78 is 13.4. The fourth-order valence-corrected chi connectivity index (χ4v) is 2.81. The van der Waals surface area contributed by atoms with Gasteiger partial charge in [-0.05, 0) is 37.5 Å². The second-order valence-corrected chi connectivity index (χ2v) is 6.31. The minimum absolute atomic E-state index is 0.0395. The third kappa shape index (κ3) is 3.29. The second kappa shape index (κ2) is 6.46. The molecule has 2 rings (SSSR count). The number of nitrogens with zero attached hydrogens (tertiary/aromatic N) is 2. The van der Waals surface area contributed by atoms with Crippen molar-refractivity contribution in [1.29, 1.82) is 0 Å². The van der Waals surface area contributed by atoms with E-state index in [1.54, 1.807) is 29.7 Å². The number of benzene rings is 1. The van der Waals surface area contributed by atoms with Gasteiger partial charge in [0.15, 0.2) is 0 Å². The number of halogens is 1. The minimum atomic E-state index is -0.511. The lowest BCUT2D eigenvalue weighted by molar-refractivity contribution is -0.140. The average molecular weight is 306 g/mol. The molecule has 1 fully saturated rings. The first-order valence-corrected chi connectivity index (χ1v) is 7.67. The Morgan fingerprint density at radius 3 is 2.68 bits per heavy atom. The van der Waals surface area contributed by atoms with Crippen LogP contribution in [-0.2, 0) is 4.79 Å². The van der Waals surface area contributed by atoms with Crippen LogP contribution >= 0.6 is 0 Å². The molecule has 0 N–H and O–H groups in total. The predicted molar refractivity (Wildman–Crippen MR) is 83.1 cm³/mol. The van der Waals surface area contributed by atoms with E-state index in [9.17, 15) is 14.0 Å². The van der Waals surface area contributed by atoms with E-state index in [4.69, 9.17) is 0 Å². The summed E-state index contributed by atoms with van der Waals surface area (Å²) >= 11 is 0. The summed E-state index contributed by atoms with van der Waals surface area (Å²) in [4.78, 5) is 28.4. The van der Waals surface area contributed by atoms with Crippen LogP contribution in [0.1, 0.15) is 36.7 Å². The van der Waals surface area contributed by atoms with Gasteiger partial charge in [0.25, 0.3) is 5.91 Å². The number of rotatable bonds is 3. The second-order valence-electron chi connectivity index (χ2n) is 6.31. The molecule has 1 saturated heterocycles. The average Bonchev–Trinajstić information content (AvgIpc) is 2.45. The van der Waals surface area contributed by atoms with E-state index < -0.39 is 11.9 Å². The molecular formula is C17H23FN2O2. The molecule has 0 radical (unpaired) electrons. The summed E-state index contributed by atoms with van der Waals surface area (Å²) in [5.41, 5.74) is 1.05. The Morgan fingerprint density at radius 2 is 2.05 bits per heavy atom. The zero-order valence-corrected chi connectivity index (χ0v) is 13.6. The fraction of sp³-hybridized carbons (Fsp3) is 0.529. The van der Waals surface area contributed by atoms with E-state index in [2.05, 4.69) is 13.8 Å². The Hall–Kier alpha value is -1.91. The van der Waals surface area contributed by atoms with Crippen molar-refractivity contribution >= 4 is 11.8 Å². The Bertz CT molecular complexity index is 586. The van der Waals surface area contributed by atoms with Crippen LogP contribution in [-0.4, -0.2) is 47.3 Å². The monoisotopic (exact) mass is 306 g/mol. The SMILES string of the molecule is Cc1ccc(F)cc1C(=O)N1CCN(CC(C)C)C(=O)[C@@H]1C. The summed E-state index contributed by atoms with van der Waals surface area (Å²) in [5, 5.41) is 0. The lowest BCUT2D eigenvalue weighted by Gasteiger charge is -2.40. The van der Waals surface area contributed by atoms with Crippen LogP contribution in [0.3, 0.4) is 0 Å². The number of hydrogen-bond donors (Lipinski definition) is 0. The molecule has 120 valence electrons. The minimum Gasteiger partial charge on any atom is -0.339 e. The molecule has 1 aliphatic rings. The Kier molecular flexibility index (Phi) is 4.84. The normalized spacial score (nSPS) is 19.0. The highest BCUT2D eigenvalue weighted by molar-refractivity contribution is 5.99. The van der Waals surface area contributed by atoms with Crippen molar-refractivity contribution in [3.05, 3.63) is 35.1 Å². The molecule has 1 aromatic carbocycles. The molecular weight excluding hydrogens is 283 g/mol. The summed E-state index contributed by atoms with van der Waals surface area (Å²) in [5.74, 6) is -0.361. The van der Waals surface area contributed by atoms with E-state index in [0.29, 0.717) is 31.1 Å². The topological polar surface area (TPSA) is 40.6 Å². The van der Waals surface area contributed by atoms with Gasteiger partial charge in [-0.3, -0.25) is 9.59 Å². The van der Waals surface area contributed by atoms with Crippen molar-refractivity contribution in [3.63, 3.8) is 0 Å². The van der Waals surface area contributed by atoms with Crippen LogP contribution in [0.4, 0.5) is 4.39 Å². The Balaban J connectivity index is 2.18. The van der Waals surface area contributed by atoms with Gasteiger partial charge >= 0.3 is 0 Å². The van der Waals surface area contributed by atoms with E-state index >= 15 is 0 Å². The smallest absolute Gasteiger partial charge is 0.254 e. The molecule has 1 aliphatic heterocycles. The molecule has 0 unspecified atom stereocenters. The molecule has 4 nitrogen and oxygen atoms in total. The van der Waals surface area contributed by atoms with Crippen LogP contribution in [0.5, 0.6) is 0 Å². The number of carbonyl (C=O) groups excluding carboxylic acids is 2. The molecule has 1 atom stereocenters. The molecule has 5 heteroatoms. The van der Waals surface area contributed by atoms with Gasteiger partial charge in [-0.15, -0.1) is 0 Å². The van der Waals surface area contributed by atoms with Crippen molar-refractivity contribution in [2.45, 2.75) is 33.7 Å². The maximum atomic E-state index is 13.4. The Labute approximate surface area is 130 Å². The van der Waals surface area contributed by atoms with Gasteiger partial charge < -0.3 is 9.80 Å². The Morgan fingerprint density at radius 1 is 1.36 bits per heavy atom. The zero-order chi connectivity index (χ0) is 16.4. The van der Waals surface area contributed by atoms with Crippen molar-refractivity contribution in [3.8, 4) is 0 Å². The molecule has 22 heavy (non-hydrogen) atoms. The van der Waals surface area contributed by atoms with E-state index in [1.807, 2.05) is 0 Å². The third-order valence-electron chi connectivity index (χ3n) is 4.02. The van der Waals surface area contributed by atoms with Crippen molar-refractivity contribution in [1.82, 2.24) is 9.80 Å². The van der Waals surface area contributed by atoms with Gasteiger partial charge in [-0.1, -0.05) is 19.9 Å². The lowest BCUT2D eigenvalue weighted by atomic mass is 10.0. The van der Waals surface area contributed by atoms with Crippen LogP contribution < -0.4 is 0 Å². The molecule has 1 aromatic rings. The maximum Gasteiger partial charge on any atom is 0.254 e. The maximum absolute atomic E-state index is 13.4. The van der Waals surface area contributed by atoms with Gasteiger partial charge in [-0.25, -0.2) is 4.39 Å². The number of aryl methyl sites for hydroxylation is 1. The lowest BCUT2D eigenvalue weighted by Crippen LogP contribution is -2.58. The number of piperazine rings is 1. The molecule has 0 spiro atoms.